The van der Waals surface area contributed by atoms with E-state index in [1.807, 2.05) is 18.2 Å². The Bertz CT molecular complexity index is 905. The SMILES string of the molecule is CC1CCN(Cc2nc3cc(NC(=O)c4ccco4)ccc3n2C)CC1. The second kappa shape index (κ2) is 6.96. The van der Waals surface area contributed by atoms with Gasteiger partial charge in [0.25, 0.3) is 5.91 Å². The lowest BCUT2D eigenvalue weighted by molar-refractivity contribution is 0.0996. The molecular formula is C20H24N4O2. The van der Waals surface area contributed by atoms with Gasteiger partial charge in [0.2, 0.25) is 0 Å². The van der Waals surface area contributed by atoms with Crippen molar-refractivity contribution in [1.82, 2.24) is 14.5 Å². The lowest BCUT2D eigenvalue weighted by atomic mass is 9.99. The van der Waals surface area contributed by atoms with Crippen LogP contribution in [0.15, 0.2) is 41.0 Å². The standard InChI is InChI=1S/C20H24N4O2/c1-14-7-9-24(10-8-14)13-19-22-16-12-15(5-6-17(16)23(19)2)21-20(25)18-4-3-11-26-18/h3-6,11-12,14H,7-10,13H2,1-2H3,(H,21,25). The van der Waals surface area contributed by atoms with E-state index in [-0.39, 0.29) is 5.91 Å². The van der Waals surface area contributed by atoms with Crippen molar-refractivity contribution >= 4 is 22.6 Å². The molecule has 6 heteroatoms. The van der Waals surface area contributed by atoms with Crippen molar-refractivity contribution < 1.29 is 9.21 Å². The topological polar surface area (TPSA) is 63.3 Å². The highest BCUT2D eigenvalue weighted by Gasteiger charge is 2.18. The number of furan rings is 1. The quantitative estimate of drug-likeness (QED) is 0.778. The Labute approximate surface area is 152 Å². The van der Waals surface area contributed by atoms with Crippen LogP contribution in [0, 0.1) is 5.92 Å². The zero-order valence-electron chi connectivity index (χ0n) is 15.2. The summed E-state index contributed by atoms with van der Waals surface area (Å²) in [5, 5.41) is 2.86. The third-order valence-corrected chi connectivity index (χ3v) is 5.22. The predicted molar refractivity (Wildman–Crippen MR) is 101 cm³/mol. The molecule has 0 unspecified atom stereocenters. The zero-order valence-corrected chi connectivity index (χ0v) is 15.2. The molecule has 0 spiro atoms. The normalized spacial score (nSPS) is 16.2. The molecule has 1 saturated heterocycles. The number of carbonyl (C=O) groups is 1. The van der Waals surface area contributed by atoms with E-state index >= 15 is 0 Å². The number of aromatic nitrogens is 2. The third kappa shape index (κ3) is 3.37. The molecule has 1 amide bonds. The first kappa shape index (κ1) is 16.8. The van der Waals surface area contributed by atoms with E-state index in [4.69, 9.17) is 9.40 Å². The Morgan fingerprint density at radius 3 is 2.85 bits per heavy atom. The van der Waals surface area contributed by atoms with Gasteiger partial charge in [-0.1, -0.05) is 6.92 Å². The molecule has 1 aliphatic heterocycles. The Kier molecular flexibility index (Phi) is 4.51. The molecule has 1 fully saturated rings. The van der Waals surface area contributed by atoms with Crippen LogP contribution in [0.25, 0.3) is 11.0 Å². The molecule has 3 aromatic rings. The van der Waals surface area contributed by atoms with E-state index in [2.05, 4.69) is 28.8 Å². The van der Waals surface area contributed by atoms with Crippen LogP contribution in [-0.2, 0) is 13.6 Å². The lowest BCUT2D eigenvalue weighted by Crippen LogP contribution is -2.33. The zero-order chi connectivity index (χ0) is 18.1. The van der Waals surface area contributed by atoms with Gasteiger partial charge in [-0.15, -0.1) is 0 Å². The Balaban J connectivity index is 1.52. The molecule has 0 saturated carbocycles. The molecule has 0 radical (unpaired) electrons. The lowest BCUT2D eigenvalue weighted by Gasteiger charge is -2.29. The van der Waals surface area contributed by atoms with Gasteiger partial charge in [-0.25, -0.2) is 4.98 Å². The summed E-state index contributed by atoms with van der Waals surface area (Å²) in [5.41, 5.74) is 2.68. The van der Waals surface area contributed by atoms with Gasteiger partial charge in [0, 0.05) is 12.7 Å². The average Bonchev–Trinajstić information content (AvgIpc) is 3.26. The van der Waals surface area contributed by atoms with Gasteiger partial charge in [-0.3, -0.25) is 9.69 Å². The highest BCUT2D eigenvalue weighted by Crippen LogP contribution is 2.23. The predicted octanol–water partition coefficient (Wildman–Crippen LogP) is 3.65. The number of fused-ring (bicyclic) bond motifs is 1. The summed E-state index contributed by atoms with van der Waals surface area (Å²) in [6.45, 7) is 5.46. The minimum Gasteiger partial charge on any atom is -0.459 e. The molecule has 3 heterocycles. The van der Waals surface area contributed by atoms with Crippen LogP contribution in [-0.4, -0.2) is 33.4 Å². The number of rotatable bonds is 4. The first-order valence-corrected chi connectivity index (χ1v) is 9.13. The third-order valence-electron chi connectivity index (χ3n) is 5.22. The molecule has 136 valence electrons. The summed E-state index contributed by atoms with van der Waals surface area (Å²) >= 11 is 0. The monoisotopic (exact) mass is 352 g/mol. The fraction of sp³-hybridized carbons (Fsp3) is 0.400. The number of hydrogen-bond donors (Lipinski definition) is 1. The van der Waals surface area contributed by atoms with Crippen molar-refractivity contribution in [2.75, 3.05) is 18.4 Å². The van der Waals surface area contributed by atoms with Crippen molar-refractivity contribution in [1.29, 1.82) is 0 Å². The van der Waals surface area contributed by atoms with Crippen molar-refractivity contribution in [2.24, 2.45) is 13.0 Å². The van der Waals surface area contributed by atoms with Gasteiger partial charge in [-0.05, 0) is 62.2 Å². The maximum atomic E-state index is 12.1. The first-order chi connectivity index (χ1) is 12.6. The minimum atomic E-state index is -0.257. The summed E-state index contributed by atoms with van der Waals surface area (Å²) in [4.78, 5) is 19.4. The number of amides is 1. The number of nitrogens with one attached hydrogen (secondary N) is 1. The number of likely N-dealkylation sites (tertiary alicyclic amines) is 1. The molecule has 1 aliphatic rings. The molecule has 4 rings (SSSR count). The van der Waals surface area contributed by atoms with E-state index in [0.29, 0.717) is 5.76 Å². The van der Waals surface area contributed by atoms with E-state index in [1.54, 1.807) is 12.1 Å². The number of imidazole rings is 1. The largest absolute Gasteiger partial charge is 0.459 e. The number of anilines is 1. The highest BCUT2D eigenvalue weighted by atomic mass is 16.3. The van der Waals surface area contributed by atoms with E-state index < -0.39 is 0 Å². The van der Waals surface area contributed by atoms with Gasteiger partial charge in [-0.2, -0.15) is 0 Å². The fourth-order valence-corrected chi connectivity index (χ4v) is 3.49. The highest BCUT2D eigenvalue weighted by molar-refractivity contribution is 6.03. The van der Waals surface area contributed by atoms with Gasteiger partial charge in [0.05, 0.1) is 23.8 Å². The minimum absolute atomic E-state index is 0.257. The van der Waals surface area contributed by atoms with Crippen LogP contribution >= 0.6 is 0 Å². The van der Waals surface area contributed by atoms with E-state index in [0.717, 1.165) is 48.1 Å². The van der Waals surface area contributed by atoms with Crippen molar-refractivity contribution in [3.8, 4) is 0 Å². The second-order valence-corrected chi connectivity index (χ2v) is 7.18. The van der Waals surface area contributed by atoms with Crippen molar-refractivity contribution in [3.05, 3.63) is 48.2 Å². The Hall–Kier alpha value is -2.60. The maximum Gasteiger partial charge on any atom is 0.291 e. The van der Waals surface area contributed by atoms with Crippen LogP contribution in [0.2, 0.25) is 0 Å². The molecular weight excluding hydrogens is 328 g/mol. The van der Waals surface area contributed by atoms with Gasteiger partial charge in [0.1, 0.15) is 5.82 Å². The molecule has 26 heavy (non-hydrogen) atoms. The van der Waals surface area contributed by atoms with Crippen LogP contribution in [0.3, 0.4) is 0 Å². The molecule has 2 aromatic heterocycles. The number of hydrogen-bond acceptors (Lipinski definition) is 4. The van der Waals surface area contributed by atoms with Crippen LogP contribution < -0.4 is 5.32 Å². The first-order valence-electron chi connectivity index (χ1n) is 9.13. The van der Waals surface area contributed by atoms with Gasteiger partial charge < -0.3 is 14.3 Å². The number of aryl methyl sites for hydroxylation is 1. The Morgan fingerprint density at radius 2 is 2.12 bits per heavy atom. The summed E-state index contributed by atoms with van der Waals surface area (Å²) in [6, 6.07) is 9.16. The van der Waals surface area contributed by atoms with Crippen molar-refractivity contribution in [3.63, 3.8) is 0 Å². The van der Waals surface area contributed by atoms with Crippen molar-refractivity contribution in [2.45, 2.75) is 26.3 Å². The number of piperidine rings is 1. The van der Waals surface area contributed by atoms with E-state index in [1.165, 1.54) is 19.1 Å². The average molecular weight is 352 g/mol. The molecule has 1 N–H and O–H groups in total. The summed E-state index contributed by atoms with van der Waals surface area (Å²) in [7, 11) is 2.05. The number of nitrogens with zero attached hydrogens (tertiary/aromatic N) is 3. The molecule has 0 aliphatic carbocycles. The molecule has 0 atom stereocenters. The Morgan fingerprint density at radius 1 is 1.31 bits per heavy atom. The smallest absolute Gasteiger partial charge is 0.291 e. The van der Waals surface area contributed by atoms with Gasteiger partial charge in [0.15, 0.2) is 5.76 Å². The van der Waals surface area contributed by atoms with Crippen LogP contribution in [0.1, 0.15) is 36.1 Å². The fourth-order valence-electron chi connectivity index (χ4n) is 3.49. The number of carbonyl (C=O) groups excluding carboxylic acids is 1. The molecule has 0 bridgehead atoms. The van der Waals surface area contributed by atoms with E-state index in [9.17, 15) is 4.79 Å². The summed E-state index contributed by atoms with van der Waals surface area (Å²) in [6.07, 6.45) is 4.00. The number of benzene rings is 1. The molecule has 1 aromatic carbocycles. The van der Waals surface area contributed by atoms with Gasteiger partial charge >= 0.3 is 0 Å². The maximum absolute atomic E-state index is 12.1. The summed E-state index contributed by atoms with van der Waals surface area (Å²) < 4.78 is 7.28. The van der Waals surface area contributed by atoms with Crippen LogP contribution in [0.5, 0.6) is 0 Å². The molecule has 6 nitrogen and oxygen atoms in total. The summed E-state index contributed by atoms with van der Waals surface area (Å²) in [5.74, 6) is 1.93. The second-order valence-electron chi connectivity index (χ2n) is 7.18. The van der Waals surface area contributed by atoms with Crippen LogP contribution in [0.4, 0.5) is 5.69 Å².